The van der Waals surface area contributed by atoms with Gasteiger partial charge in [0.05, 0.1) is 0 Å². The predicted octanol–water partition coefficient (Wildman–Crippen LogP) is 1.03. The number of carbonyl (C=O) groups excluding carboxylic acids is 1. The number of amides is 1. The van der Waals surface area contributed by atoms with Gasteiger partial charge >= 0.3 is 0 Å². The van der Waals surface area contributed by atoms with Crippen molar-refractivity contribution in [2.75, 3.05) is 5.32 Å². The van der Waals surface area contributed by atoms with Gasteiger partial charge in [-0.2, -0.15) is 0 Å². The van der Waals surface area contributed by atoms with Crippen LogP contribution >= 0.6 is 0 Å². The van der Waals surface area contributed by atoms with E-state index in [4.69, 9.17) is 0 Å². The molecule has 0 fully saturated rings. The molecule has 1 amide bonds. The molecule has 0 aliphatic heterocycles. The first-order valence-electron chi connectivity index (χ1n) is 3.72. The molecule has 0 atom stereocenters. The molecule has 1 N–H and O–H groups in total. The summed E-state index contributed by atoms with van der Waals surface area (Å²) in [5.41, 5.74) is 0. The van der Waals surface area contributed by atoms with Gasteiger partial charge in [0.1, 0.15) is 0 Å². The zero-order valence-electron chi connectivity index (χ0n) is 6.95. The molecule has 12 heavy (non-hydrogen) atoms. The van der Waals surface area contributed by atoms with E-state index in [0.717, 1.165) is 6.54 Å². The van der Waals surface area contributed by atoms with Gasteiger partial charge in [0, 0.05) is 18.9 Å². The molecule has 1 aromatic heterocycles. The summed E-state index contributed by atoms with van der Waals surface area (Å²) in [5, 5.41) is 2.59. The minimum Gasteiger partial charge on any atom is -0.317 e. The van der Waals surface area contributed by atoms with Gasteiger partial charge < -0.3 is 4.57 Å². The molecule has 0 saturated heterocycles. The number of carbonyl (C=O) groups is 1. The lowest BCUT2D eigenvalue weighted by Crippen LogP contribution is -2.12. The van der Waals surface area contributed by atoms with Crippen molar-refractivity contribution in [1.82, 2.24) is 9.55 Å². The first-order chi connectivity index (χ1) is 5.77. The van der Waals surface area contributed by atoms with Crippen molar-refractivity contribution < 1.29 is 4.79 Å². The van der Waals surface area contributed by atoms with Crippen molar-refractivity contribution in [3.8, 4) is 0 Å². The molecule has 0 aliphatic carbocycles. The maximum atomic E-state index is 10.9. The third-order valence-corrected chi connectivity index (χ3v) is 1.48. The van der Waals surface area contributed by atoms with Crippen molar-refractivity contribution >= 4 is 11.9 Å². The summed E-state index contributed by atoms with van der Waals surface area (Å²) in [4.78, 5) is 14.8. The van der Waals surface area contributed by atoms with E-state index in [-0.39, 0.29) is 5.91 Å². The molecule has 0 unspecified atom stereocenters. The summed E-state index contributed by atoms with van der Waals surface area (Å²) >= 11 is 0. The Hall–Kier alpha value is -1.58. The number of aryl methyl sites for hydroxylation is 1. The smallest absolute Gasteiger partial charge is 0.250 e. The number of hydrogen-bond acceptors (Lipinski definition) is 2. The van der Waals surface area contributed by atoms with Crippen LogP contribution in [0.25, 0.3) is 0 Å². The van der Waals surface area contributed by atoms with Crippen molar-refractivity contribution in [3.63, 3.8) is 0 Å². The van der Waals surface area contributed by atoms with E-state index in [1.54, 1.807) is 12.4 Å². The highest BCUT2D eigenvalue weighted by Gasteiger charge is 2.01. The number of anilines is 1. The topological polar surface area (TPSA) is 46.9 Å². The van der Waals surface area contributed by atoms with Gasteiger partial charge in [-0.3, -0.25) is 10.1 Å². The van der Waals surface area contributed by atoms with Crippen LogP contribution in [0.2, 0.25) is 0 Å². The van der Waals surface area contributed by atoms with Crippen LogP contribution in [0.3, 0.4) is 0 Å². The van der Waals surface area contributed by atoms with Gasteiger partial charge in [0.25, 0.3) is 0 Å². The van der Waals surface area contributed by atoms with Gasteiger partial charge in [-0.05, 0) is 13.0 Å². The fourth-order valence-electron chi connectivity index (χ4n) is 0.850. The molecule has 0 aromatic carbocycles. The minimum atomic E-state index is -0.240. The van der Waals surface area contributed by atoms with E-state index < -0.39 is 0 Å². The standard InChI is InChI=1S/C8H11N3O/c1-3-7(12)10-8-9-5-6-11(8)4-2/h3,5-6H,1,4H2,2H3,(H,9,10,12). The molecule has 4 heteroatoms. The largest absolute Gasteiger partial charge is 0.317 e. The molecule has 0 spiro atoms. The van der Waals surface area contributed by atoms with E-state index in [2.05, 4.69) is 16.9 Å². The summed E-state index contributed by atoms with van der Waals surface area (Å²) in [6, 6.07) is 0. The fraction of sp³-hybridized carbons (Fsp3) is 0.250. The normalized spacial score (nSPS) is 9.42. The maximum Gasteiger partial charge on any atom is 0.250 e. The lowest BCUT2D eigenvalue weighted by atomic mass is 10.6. The number of nitrogens with zero attached hydrogens (tertiary/aromatic N) is 2. The van der Waals surface area contributed by atoms with E-state index >= 15 is 0 Å². The Bertz CT molecular complexity index is 290. The number of hydrogen-bond donors (Lipinski definition) is 1. The molecule has 0 radical (unpaired) electrons. The predicted molar refractivity (Wildman–Crippen MR) is 46.7 cm³/mol. The third-order valence-electron chi connectivity index (χ3n) is 1.48. The van der Waals surface area contributed by atoms with Crippen LogP contribution in [0, 0.1) is 0 Å². The minimum absolute atomic E-state index is 0.240. The molecule has 0 aliphatic rings. The van der Waals surface area contributed by atoms with Crippen molar-refractivity contribution in [2.45, 2.75) is 13.5 Å². The first kappa shape index (κ1) is 8.52. The van der Waals surface area contributed by atoms with E-state index in [1.807, 2.05) is 11.5 Å². The Kier molecular flexibility index (Phi) is 2.63. The van der Waals surface area contributed by atoms with Crippen LogP contribution < -0.4 is 5.32 Å². The highest BCUT2D eigenvalue weighted by atomic mass is 16.1. The highest BCUT2D eigenvalue weighted by molar-refractivity contribution is 5.97. The molecule has 0 saturated carbocycles. The van der Waals surface area contributed by atoms with E-state index in [1.165, 1.54) is 6.08 Å². The Morgan fingerprint density at radius 2 is 2.67 bits per heavy atom. The molecule has 64 valence electrons. The van der Waals surface area contributed by atoms with Crippen LogP contribution in [0.5, 0.6) is 0 Å². The van der Waals surface area contributed by atoms with Gasteiger partial charge in [0.2, 0.25) is 11.9 Å². The highest BCUT2D eigenvalue weighted by Crippen LogP contribution is 2.02. The molecular weight excluding hydrogens is 154 g/mol. The van der Waals surface area contributed by atoms with Crippen molar-refractivity contribution in [2.24, 2.45) is 0 Å². The van der Waals surface area contributed by atoms with Gasteiger partial charge in [-0.1, -0.05) is 6.58 Å². The molecular formula is C8H11N3O. The average molecular weight is 165 g/mol. The van der Waals surface area contributed by atoms with Gasteiger partial charge in [-0.25, -0.2) is 4.98 Å². The first-order valence-corrected chi connectivity index (χ1v) is 3.72. The number of aromatic nitrogens is 2. The second-order valence-corrected chi connectivity index (χ2v) is 2.23. The zero-order valence-corrected chi connectivity index (χ0v) is 6.95. The molecule has 4 nitrogen and oxygen atoms in total. The van der Waals surface area contributed by atoms with E-state index in [0.29, 0.717) is 5.95 Å². The summed E-state index contributed by atoms with van der Waals surface area (Å²) in [6.07, 6.45) is 4.66. The Morgan fingerprint density at radius 1 is 1.92 bits per heavy atom. The molecule has 1 aromatic rings. The van der Waals surface area contributed by atoms with Crippen LogP contribution in [0.1, 0.15) is 6.92 Å². The average Bonchev–Trinajstić information content (AvgIpc) is 2.51. The fourth-order valence-corrected chi connectivity index (χ4v) is 0.850. The quantitative estimate of drug-likeness (QED) is 0.680. The molecule has 0 bridgehead atoms. The number of nitrogens with one attached hydrogen (secondary N) is 1. The Labute approximate surface area is 70.9 Å². The summed E-state index contributed by atoms with van der Waals surface area (Å²) in [6.45, 7) is 6.11. The lowest BCUT2D eigenvalue weighted by molar-refractivity contribution is -0.111. The second-order valence-electron chi connectivity index (χ2n) is 2.23. The zero-order chi connectivity index (χ0) is 8.97. The Morgan fingerprint density at radius 3 is 3.25 bits per heavy atom. The third kappa shape index (κ3) is 1.72. The Balaban J connectivity index is 2.74. The summed E-state index contributed by atoms with van der Waals surface area (Å²) in [5.74, 6) is 0.318. The van der Waals surface area contributed by atoms with E-state index in [9.17, 15) is 4.79 Å². The lowest BCUT2D eigenvalue weighted by Gasteiger charge is -2.03. The SMILES string of the molecule is C=CC(=O)Nc1nccn1CC. The van der Waals surface area contributed by atoms with Crippen molar-refractivity contribution in [1.29, 1.82) is 0 Å². The van der Waals surface area contributed by atoms with Crippen LogP contribution in [-0.2, 0) is 11.3 Å². The number of imidazole rings is 1. The maximum absolute atomic E-state index is 10.9. The molecule has 1 heterocycles. The summed E-state index contributed by atoms with van der Waals surface area (Å²) < 4.78 is 1.83. The van der Waals surface area contributed by atoms with Crippen LogP contribution in [-0.4, -0.2) is 15.5 Å². The molecule has 1 rings (SSSR count). The summed E-state index contributed by atoms with van der Waals surface area (Å²) in [7, 11) is 0. The monoisotopic (exact) mass is 165 g/mol. The van der Waals surface area contributed by atoms with Crippen LogP contribution in [0.15, 0.2) is 25.0 Å². The van der Waals surface area contributed by atoms with Gasteiger partial charge in [0.15, 0.2) is 0 Å². The second kappa shape index (κ2) is 3.71. The van der Waals surface area contributed by atoms with Gasteiger partial charge in [-0.15, -0.1) is 0 Å². The number of rotatable bonds is 3. The van der Waals surface area contributed by atoms with Crippen LogP contribution in [0.4, 0.5) is 5.95 Å². The van der Waals surface area contributed by atoms with Crippen molar-refractivity contribution in [3.05, 3.63) is 25.0 Å².